The third-order valence-corrected chi connectivity index (χ3v) is 5.33. The van der Waals surface area contributed by atoms with Crippen LogP contribution < -0.4 is 14.8 Å². The zero-order chi connectivity index (χ0) is 22.8. The first kappa shape index (κ1) is 24.3. The van der Waals surface area contributed by atoms with Crippen molar-refractivity contribution in [2.75, 3.05) is 20.3 Å². The minimum atomic E-state index is -0.576. The van der Waals surface area contributed by atoms with Crippen molar-refractivity contribution in [3.8, 4) is 11.5 Å². The molecule has 1 N–H and O–H groups in total. The van der Waals surface area contributed by atoms with Gasteiger partial charge in [-0.1, -0.05) is 38.1 Å². The number of carbonyl (C=O) groups excluding carboxylic acids is 2. The van der Waals surface area contributed by atoms with Crippen molar-refractivity contribution in [1.82, 2.24) is 10.2 Å². The average molecular weight is 427 g/mol. The van der Waals surface area contributed by atoms with Gasteiger partial charge in [-0.3, -0.25) is 9.59 Å². The van der Waals surface area contributed by atoms with Gasteiger partial charge in [0.25, 0.3) is 5.91 Å². The quantitative estimate of drug-likeness (QED) is 0.589. The Hall–Kier alpha value is -3.02. The number of methoxy groups -OCH3 is 1. The smallest absolute Gasteiger partial charge is 0.261 e. The molecule has 2 aromatic carbocycles. The minimum Gasteiger partial charge on any atom is -0.497 e. The van der Waals surface area contributed by atoms with Gasteiger partial charge in [-0.25, -0.2) is 0 Å². The SMILES string of the molecule is CCCNC(=O)[C@@H](CC)N(Cc1cccc(OC)c1)C(=O)COc1cccc(C)c1C. The molecule has 0 radical (unpaired) electrons. The molecule has 6 heteroatoms. The van der Waals surface area contributed by atoms with Crippen LogP contribution in [-0.2, 0) is 16.1 Å². The van der Waals surface area contributed by atoms with E-state index in [4.69, 9.17) is 9.47 Å². The molecule has 2 rings (SSSR count). The van der Waals surface area contributed by atoms with E-state index in [1.807, 2.05) is 70.2 Å². The highest BCUT2D eigenvalue weighted by Crippen LogP contribution is 2.21. The zero-order valence-electron chi connectivity index (χ0n) is 19.2. The van der Waals surface area contributed by atoms with Gasteiger partial charge in [0.2, 0.25) is 5.91 Å². The van der Waals surface area contributed by atoms with Crippen molar-refractivity contribution in [1.29, 1.82) is 0 Å². The first-order valence-electron chi connectivity index (χ1n) is 10.8. The predicted molar refractivity (Wildman–Crippen MR) is 122 cm³/mol. The van der Waals surface area contributed by atoms with E-state index in [1.54, 1.807) is 12.0 Å². The lowest BCUT2D eigenvalue weighted by Gasteiger charge is -2.30. The van der Waals surface area contributed by atoms with E-state index < -0.39 is 6.04 Å². The third kappa shape index (κ3) is 6.74. The van der Waals surface area contributed by atoms with E-state index in [-0.39, 0.29) is 18.4 Å². The summed E-state index contributed by atoms with van der Waals surface area (Å²) in [5.74, 6) is 1.01. The third-order valence-electron chi connectivity index (χ3n) is 5.33. The summed E-state index contributed by atoms with van der Waals surface area (Å²) in [7, 11) is 1.60. The van der Waals surface area contributed by atoms with E-state index in [1.165, 1.54) is 0 Å². The van der Waals surface area contributed by atoms with Gasteiger partial charge in [-0.05, 0) is 61.6 Å². The molecule has 31 heavy (non-hydrogen) atoms. The number of hydrogen-bond acceptors (Lipinski definition) is 4. The maximum Gasteiger partial charge on any atom is 0.261 e. The highest BCUT2D eigenvalue weighted by molar-refractivity contribution is 5.88. The molecule has 0 aromatic heterocycles. The fourth-order valence-corrected chi connectivity index (χ4v) is 3.36. The monoisotopic (exact) mass is 426 g/mol. The Morgan fingerprint density at radius 1 is 1.10 bits per heavy atom. The Morgan fingerprint density at radius 2 is 1.84 bits per heavy atom. The Labute approximate surface area is 185 Å². The second-order valence-corrected chi connectivity index (χ2v) is 7.57. The van der Waals surface area contributed by atoms with E-state index in [0.29, 0.717) is 31.0 Å². The van der Waals surface area contributed by atoms with Crippen LogP contribution >= 0.6 is 0 Å². The molecule has 0 spiro atoms. The molecule has 6 nitrogen and oxygen atoms in total. The van der Waals surface area contributed by atoms with Gasteiger partial charge < -0.3 is 19.7 Å². The van der Waals surface area contributed by atoms with Gasteiger partial charge >= 0.3 is 0 Å². The fourth-order valence-electron chi connectivity index (χ4n) is 3.36. The predicted octanol–water partition coefficient (Wildman–Crippen LogP) is 4.02. The van der Waals surface area contributed by atoms with Crippen LogP contribution in [0, 0.1) is 13.8 Å². The van der Waals surface area contributed by atoms with Crippen LogP contribution in [0.3, 0.4) is 0 Å². The van der Waals surface area contributed by atoms with Gasteiger partial charge in [0, 0.05) is 13.1 Å². The first-order chi connectivity index (χ1) is 14.9. The lowest BCUT2D eigenvalue weighted by molar-refractivity contribution is -0.143. The van der Waals surface area contributed by atoms with E-state index >= 15 is 0 Å². The van der Waals surface area contributed by atoms with Crippen LogP contribution in [0.1, 0.15) is 43.4 Å². The Morgan fingerprint density at radius 3 is 2.52 bits per heavy atom. The Kier molecular flexibility index (Phi) is 9.38. The number of nitrogens with one attached hydrogen (secondary N) is 1. The van der Waals surface area contributed by atoms with Gasteiger partial charge in [-0.2, -0.15) is 0 Å². The minimum absolute atomic E-state index is 0.133. The second-order valence-electron chi connectivity index (χ2n) is 7.57. The number of hydrogen-bond donors (Lipinski definition) is 1. The molecule has 0 saturated carbocycles. The van der Waals surface area contributed by atoms with Crippen molar-refractivity contribution >= 4 is 11.8 Å². The topological polar surface area (TPSA) is 67.9 Å². The molecule has 2 amide bonds. The molecular formula is C25H34N2O4. The molecule has 0 aliphatic heterocycles. The average Bonchev–Trinajstić information content (AvgIpc) is 2.78. The van der Waals surface area contributed by atoms with Crippen LogP contribution in [0.4, 0.5) is 0 Å². The van der Waals surface area contributed by atoms with Crippen LogP contribution in [-0.4, -0.2) is 43.0 Å². The van der Waals surface area contributed by atoms with Crippen molar-refractivity contribution in [2.24, 2.45) is 0 Å². The van der Waals surface area contributed by atoms with E-state index in [2.05, 4.69) is 5.32 Å². The molecule has 0 fully saturated rings. The summed E-state index contributed by atoms with van der Waals surface area (Å²) in [5, 5.41) is 2.92. The van der Waals surface area contributed by atoms with Crippen LogP contribution in [0.2, 0.25) is 0 Å². The molecule has 0 aliphatic carbocycles. The molecule has 2 aromatic rings. The van der Waals surface area contributed by atoms with Crippen molar-refractivity contribution in [3.63, 3.8) is 0 Å². The van der Waals surface area contributed by atoms with Crippen molar-refractivity contribution in [3.05, 3.63) is 59.2 Å². The molecule has 0 saturated heterocycles. The summed E-state index contributed by atoms with van der Waals surface area (Å²) in [5.41, 5.74) is 2.99. The number of rotatable bonds is 11. The highest BCUT2D eigenvalue weighted by Gasteiger charge is 2.29. The van der Waals surface area contributed by atoms with Gasteiger partial charge in [0.15, 0.2) is 6.61 Å². The first-order valence-corrected chi connectivity index (χ1v) is 10.8. The number of nitrogens with zero attached hydrogens (tertiary/aromatic N) is 1. The van der Waals surface area contributed by atoms with Gasteiger partial charge in [-0.15, -0.1) is 0 Å². The number of carbonyl (C=O) groups is 2. The molecular weight excluding hydrogens is 392 g/mol. The zero-order valence-corrected chi connectivity index (χ0v) is 19.2. The number of aryl methyl sites for hydroxylation is 1. The molecule has 0 aliphatic rings. The summed E-state index contributed by atoms with van der Waals surface area (Å²) in [6.07, 6.45) is 1.34. The maximum atomic E-state index is 13.2. The molecule has 0 unspecified atom stereocenters. The normalized spacial score (nSPS) is 11.5. The largest absolute Gasteiger partial charge is 0.497 e. The Bertz CT molecular complexity index is 882. The standard InChI is InChI=1S/C25H34N2O4/c1-6-14-26-25(29)22(7-2)27(16-20-11-9-12-21(15-20)30-5)24(28)17-31-23-13-8-10-18(3)19(23)4/h8-13,15,22H,6-7,14,16-17H2,1-5H3,(H,26,29)/t22-/m1/s1. The summed E-state index contributed by atoms with van der Waals surface area (Å²) < 4.78 is 11.2. The fraction of sp³-hybridized carbons (Fsp3) is 0.440. The number of ether oxygens (including phenoxy) is 2. The summed E-state index contributed by atoms with van der Waals surface area (Å²) in [6, 6.07) is 12.7. The maximum absolute atomic E-state index is 13.2. The number of amides is 2. The van der Waals surface area contributed by atoms with Crippen LogP contribution in [0.5, 0.6) is 11.5 Å². The van der Waals surface area contributed by atoms with Crippen molar-refractivity contribution < 1.29 is 19.1 Å². The van der Waals surface area contributed by atoms with Crippen LogP contribution in [0.25, 0.3) is 0 Å². The van der Waals surface area contributed by atoms with E-state index in [9.17, 15) is 9.59 Å². The second kappa shape index (κ2) is 12.0. The van der Waals surface area contributed by atoms with Gasteiger partial charge in [0.1, 0.15) is 17.5 Å². The molecule has 1 atom stereocenters. The van der Waals surface area contributed by atoms with Crippen molar-refractivity contribution in [2.45, 2.75) is 53.1 Å². The lowest BCUT2D eigenvalue weighted by Crippen LogP contribution is -2.50. The molecule has 168 valence electrons. The van der Waals surface area contributed by atoms with Crippen LogP contribution in [0.15, 0.2) is 42.5 Å². The lowest BCUT2D eigenvalue weighted by atomic mass is 10.1. The number of benzene rings is 2. The van der Waals surface area contributed by atoms with Gasteiger partial charge in [0.05, 0.1) is 7.11 Å². The van der Waals surface area contributed by atoms with E-state index in [0.717, 1.165) is 23.1 Å². The summed E-state index contributed by atoms with van der Waals surface area (Å²) in [4.78, 5) is 27.6. The summed E-state index contributed by atoms with van der Waals surface area (Å²) >= 11 is 0. The Balaban J connectivity index is 2.24. The summed E-state index contributed by atoms with van der Waals surface area (Å²) in [6.45, 7) is 8.62. The highest BCUT2D eigenvalue weighted by atomic mass is 16.5. The molecule has 0 bridgehead atoms. The molecule has 0 heterocycles.